The SMILES string of the molecule is COCCNCC(C)(O)c1cc2cc(Br)ccc2o1. The Kier molecular flexibility index (Phi) is 4.62. The molecule has 1 heterocycles. The van der Waals surface area contributed by atoms with E-state index in [-0.39, 0.29) is 0 Å². The molecule has 0 saturated carbocycles. The third kappa shape index (κ3) is 3.57. The van der Waals surface area contributed by atoms with Gasteiger partial charge in [-0.05, 0) is 31.2 Å². The lowest BCUT2D eigenvalue weighted by Gasteiger charge is -2.21. The van der Waals surface area contributed by atoms with Crippen molar-refractivity contribution in [2.75, 3.05) is 26.8 Å². The van der Waals surface area contributed by atoms with Crippen molar-refractivity contribution in [1.82, 2.24) is 5.32 Å². The minimum atomic E-state index is -1.04. The zero-order chi connectivity index (χ0) is 13.9. The molecular weight excluding hydrogens is 310 g/mol. The van der Waals surface area contributed by atoms with Gasteiger partial charge in [-0.1, -0.05) is 15.9 Å². The Balaban J connectivity index is 2.13. The van der Waals surface area contributed by atoms with Gasteiger partial charge in [0, 0.05) is 30.1 Å². The number of nitrogens with one attached hydrogen (secondary N) is 1. The predicted octanol–water partition coefficient (Wildman–Crippen LogP) is 2.64. The first-order chi connectivity index (χ1) is 9.03. The average Bonchev–Trinajstić information content (AvgIpc) is 2.78. The summed E-state index contributed by atoms with van der Waals surface area (Å²) in [7, 11) is 1.65. The number of rotatable bonds is 6. The second kappa shape index (κ2) is 6.05. The minimum absolute atomic E-state index is 0.414. The van der Waals surface area contributed by atoms with Crippen LogP contribution in [-0.4, -0.2) is 31.9 Å². The van der Waals surface area contributed by atoms with Crippen LogP contribution in [0.15, 0.2) is 33.2 Å². The van der Waals surface area contributed by atoms with E-state index in [1.807, 2.05) is 24.3 Å². The van der Waals surface area contributed by atoms with Crippen molar-refractivity contribution in [3.8, 4) is 0 Å². The second-order valence-corrected chi connectivity index (χ2v) is 5.65. The van der Waals surface area contributed by atoms with Gasteiger partial charge in [-0.15, -0.1) is 0 Å². The van der Waals surface area contributed by atoms with Crippen LogP contribution >= 0.6 is 15.9 Å². The zero-order valence-electron chi connectivity index (χ0n) is 11.1. The first kappa shape index (κ1) is 14.5. The zero-order valence-corrected chi connectivity index (χ0v) is 12.7. The van der Waals surface area contributed by atoms with Crippen molar-refractivity contribution in [2.24, 2.45) is 0 Å². The Labute approximate surface area is 120 Å². The smallest absolute Gasteiger partial charge is 0.137 e. The molecule has 0 aliphatic carbocycles. The molecule has 0 saturated heterocycles. The number of hydrogen-bond donors (Lipinski definition) is 2. The predicted molar refractivity (Wildman–Crippen MR) is 78.2 cm³/mol. The third-order valence-corrected chi connectivity index (χ3v) is 3.45. The molecule has 0 aliphatic heterocycles. The van der Waals surface area contributed by atoms with E-state index >= 15 is 0 Å². The van der Waals surface area contributed by atoms with Crippen molar-refractivity contribution >= 4 is 26.9 Å². The van der Waals surface area contributed by atoms with Crippen LogP contribution in [0.5, 0.6) is 0 Å². The largest absolute Gasteiger partial charge is 0.458 e. The Morgan fingerprint density at radius 3 is 2.95 bits per heavy atom. The van der Waals surface area contributed by atoms with Gasteiger partial charge in [0.2, 0.25) is 0 Å². The van der Waals surface area contributed by atoms with Crippen LogP contribution in [-0.2, 0) is 10.3 Å². The summed E-state index contributed by atoms with van der Waals surface area (Å²) in [4.78, 5) is 0. The minimum Gasteiger partial charge on any atom is -0.458 e. The van der Waals surface area contributed by atoms with Gasteiger partial charge in [-0.25, -0.2) is 0 Å². The summed E-state index contributed by atoms with van der Waals surface area (Å²) in [5, 5.41) is 14.6. The third-order valence-electron chi connectivity index (χ3n) is 2.96. The number of benzene rings is 1. The van der Waals surface area contributed by atoms with E-state index in [1.165, 1.54) is 0 Å². The fourth-order valence-corrected chi connectivity index (χ4v) is 2.25. The van der Waals surface area contributed by atoms with Crippen molar-refractivity contribution in [3.05, 3.63) is 34.5 Å². The number of hydrogen-bond acceptors (Lipinski definition) is 4. The summed E-state index contributed by atoms with van der Waals surface area (Å²) in [6.45, 7) is 3.46. The maximum atomic E-state index is 10.4. The number of fused-ring (bicyclic) bond motifs is 1. The van der Waals surface area contributed by atoms with E-state index < -0.39 is 5.60 Å². The van der Waals surface area contributed by atoms with E-state index in [4.69, 9.17) is 9.15 Å². The summed E-state index contributed by atoms with van der Waals surface area (Å²) in [6.07, 6.45) is 0. The fraction of sp³-hybridized carbons (Fsp3) is 0.429. The molecule has 1 atom stereocenters. The Morgan fingerprint density at radius 2 is 2.21 bits per heavy atom. The van der Waals surface area contributed by atoms with Crippen LogP contribution in [0.25, 0.3) is 11.0 Å². The molecule has 2 aromatic rings. The van der Waals surface area contributed by atoms with Crippen LogP contribution in [0.3, 0.4) is 0 Å². The average molecular weight is 328 g/mol. The van der Waals surface area contributed by atoms with Gasteiger partial charge >= 0.3 is 0 Å². The maximum Gasteiger partial charge on any atom is 0.137 e. The summed E-state index contributed by atoms with van der Waals surface area (Å²) in [6, 6.07) is 7.65. The molecule has 4 nitrogen and oxygen atoms in total. The highest BCUT2D eigenvalue weighted by Gasteiger charge is 2.27. The molecule has 1 unspecified atom stereocenters. The molecule has 0 radical (unpaired) electrons. The van der Waals surface area contributed by atoms with Crippen molar-refractivity contribution in [2.45, 2.75) is 12.5 Å². The van der Waals surface area contributed by atoms with Gasteiger partial charge in [0.05, 0.1) is 6.61 Å². The Hall–Kier alpha value is -0.880. The highest BCUT2D eigenvalue weighted by molar-refractivity contribution is 9.10. The van der Waals surface area contributed by atoms with E-state index in [9.17, 15) is 5.11 Å². The van der Waals surface area contributed by atoms with Gasteiger partial charge in [0.25, 0.3) is 0 Å². The van der Waals surface area contributed by atoms with Crippen molar-refractivity contribution in [1.29, 1.82) is 0 Å². The van der Waals surface area contributed by atoms with E-state index in [0.717, 1.165) is 15.4 Å². The lowest BCUT2D eigenvalue weighted by molar-refractivity contribution is 0.0344. The standard InChI is InChI=1S/C14H18BrNO3/c1-14(17,9-16-5-6-18-2)13-8-10-7-11(15)3-4-12(10)19-13/h3-4,7-8,16-17H,5-6,9H2,1-2H3. The van der Waals surface area contributed by atoms with Crippen LogP contribution in [0.4, 0.5) is 0 Å². The number of furan rings is 1. The highest BCUT2D eigenvalue weighted by atomic mass is 79.9. The van der Waals surface area contributed by atoms with E-state index in [1.54, 1.807) is 14.0 Å². The van der Waals surface area contributed by atoms with Crippen LogP contribution in [0.2, 0.25) is 0 Å². The highest BCUT2D eigenvalue weighted by Crippen LogP contribution is 2.29. The lowest BCUT2D eigenvalue weighted by Crippen LogP contribution is -2.36. The van der Waals surface area contributed by atoms with Crippen molar-refractivity contribution < 1.29 is 14.3 Å². The molecule has 0 aliphatic rings. The molecule has 1 aromatic carbocycles. The first-order valence-electron chi connectivity index (χ1n) is 6.14. The number of methoxy groups -OCH3 is 1. The molecular formula is C14H18BrNO3. The second-order valence-electron chi connectivity index (χ2n) is 4.74. The summed E-state index contributed by atoms with van der Waals surface area (Å²) in [5.41, 5.74) is -0.269. The summed E-state index contributed by atoms with van der Waals surface area (Å²) < 4.78 is 11.6. The molecule has 19 heavy (non-hydrogen) atoms. The van der Waals surface area contributed by atoms with Gasteiger partial charge in [-0.2, -0.15) is 0 Å². The molecule has 104 valence electrons. The summed E-state index contributed by atoms with van der Waals surface area (Å²) in [5.74, 6) is 0.561. The Morgan fingerprint density at radius 1 is 1.42 bits per heavy atom. The molecule has 0 amide bonds. The normalized spacial score (nSPS) is 14.7. The fourth-order valence-electron chi connectivity index (χ4n) is 1.87. The van der Waals surface area contributed by atoms with Gasteiger partial charge in [0.1, 0.15) is 16.9 Å². The Bertz CT molecular complexity index is 551. The number of ether oxygens (including phenoxy) is 1. The van der Waals surface area contributed by atoms with E-state index in [2.05, 4.69) is 21.2 Å². The van der Waals surface area contributed by atoms with Gasteiger partial charge in [0.15, 0.2) is 0 Å². The van der Waals surface area contributed by atoms with Crippen LogP contribution < -0.4 is 5.32 Å². The van der Waals surface area contributed by atoms with Gasteiger partial charge < -0.3 is 19.6 Å². The van der Waals surface area contributed by atoms with Gasteiger partial charge in [-0.3, -0.25) is 0 Å². The molecule has 0 fully saturated rings. The number of aliphatic hydroxyl groups is 1. The van der Waals surface area contributed by atoms with E-state index in [0.29, 0.717) is 25.5 Å². The quantitative estimate of drug-likeness (QED) is 0.801. The topological polar surface area (TPSA) is 54.6 Å². The number of halogens is 1. The molecule has 1 aromatic heterocycles. The maximum absolute atomic E-state index is 10.4. The molecule has 0 bridgehead atoms. The molecule has 2 N–H and O–H groups in total. The van der Waals surface area contributed by atoms with Crippen molar-refractivity contribution in [3.63, 3.8) is 0 Å². The molecule has 0 spiro atoms. The molecule has 5 heteroatoms. The van der Waals surface area contributed by atoms with Crippen LogP contribution in [0, 0.1) is 0 Å². The monoisotopic (exact) mass is 327 g/mol. The lowest BCUT2D eigenvalue weighted by atomic mass is 10.0. The summed E-state index contributed by atoms with van der Waals surface area (Å²) >= 11 is 3.42. The first-order valence-corrected chi connectivity index (χ1v) is 6.94. The molecule has 2 rings (SSSR count). The van der Waals surface area contributed by atoms with Crippen LogP contribution in [0.1, 0.15) is 12.7 Å².